The molecule has 2 unspecified atom stereocenters. The Balaban J connectivity index is 1.40. The van der Waals surface area contributed by atoms with E-state index < -0.39 is 0 Å². The number of benzene rings is 2. The fraction of sp³-hybridized carbons (Fsp3) is 0.593. The molecular formula is C54H76N2O4. The van der Waals surface area contributed by atoms with Crippen molar-refractivity contribution >= 4 is 45.1 Å². The molecule has 2 aromatic heterocycles. The average Bonchev–Trinajstić information content (AvgIpc) is 4.08. The molecule has 4 heterocycles. The van der Waals surface area contributed by atoms with Crippen molar-refractivity contribution in [2.45, 2.75) is 182 Å². The second-order valence-electron chi connectivity index (χ2n) is 18.1. The van der Waals surface area contributed by atoms with E-state index in [1.54, 1.807) is 12.5 Å². The zero-order valence-electron chi connectivity index (χ0n) is 37.8. The van der Waals surface area contributed by atoms with Gasteiger partial charge in [-0.05, 0) is 61.8 Å². The highest BCUT2D eigenvalue weighted by Crippen LogP contribution is 2.39. The minimum absolute atomic E-state index is 0.0244. The molecule has 6 nitrogen and oxygen atoms in total. The van der Waals surface area contributed by atoms with Gasteiger partial charge in [-0.3, -0.25) is 9.59 Å². The number of hydrogen-bond acceptors (Lipinski definition) is 4. The van der Waals surface area contributed by atoms with Crippen molar-refractivity contribution in [2.75, 3.05) is 22.9 Å². The molecule has 2 aliphatic rings. The highest BCUT2D eigenvalue weighted by molar-refractivity contribution is 6.34. The van der Waals surface area contributed by atoms with E-state index in [-0.39, 0.29) is 11.8 Å². The van der Waals surface area contributed by atoms with E-state index in [9.17, 15) is 9.59 Å². The Hall–Kier alpha value is -4.06. The summed E-state index contributed by atoms with van der Waals surface area (Å²) in [6, 6.07) is 16.2. The summed E-state index contributed by atoms with van der Waals surface area (Å²) in [6.45, 7) is 10.5. The molecule has 0 spiro atoms. The van der Waals surface area contributed by atoms with Gasteiger partial charge in [-0.2, -0.15) is 0 Å². The number of hydrogen-bond donors (Lipinski definition) is 0. The van der Waals surface area contributed by atoms with Gasteiger partial charge in [0.25, 0.3) is 11.8 Å². The molecule has 0 aliphatic carbocycles. The molecule has 0 bridgehead atoms. The first kappa shape index (κ1) is 45.5. The maximum absolute atomic E-state index is 14.8. The Morgan fingerprint density at radius 1 is 0.433 bits per heavy atom. The van der Waals surface area contributed by atoms with Crippen LogP contribution in [-0.4, -0.2) is 24.9 Å². The van der Waals surface area contributed by atoms with Gasteiger partial charge in [-0.15, -0.1) is 0 Å². The fourth-order valence-electron chi connectivity index (χ4n) is 10.0. The van der Waals surface area contributed by atoms with Gasteiger partial charge in [-0.1, -0.05) is 180 Å². The van der Waals surface area contributed by atoms with Crippen LogP contribution < -0.4 is 20.2 Å². The van der Waals surface area contributed by atoms with Gasteiger partial charge in [-0.25, -0.2) is 0 Å². The molecule has 2 amide bonds. The fourth-order valence-corrected chi connectivity index (χ4v) is 10.0. The molecule has 4 aromatic rings. The van der Waals surface area contributed by atoms with Crippen molar-refractivity contribution in [1.29, 1.82) is 0 Å². The topological polar surface area (TPSA) is 66.9 Å². The van der Waals surface area contributed by atoms with Crippen molar-refractivity contribution in [2.24, 2.45) is 11.8 Å². The number of rotatable bonds is 30. The van der Waals surface area contributed by atoms with E-state index in [0.717, 1.165) is 58.3 Å². The third-order valence-corrected chi connectivity index (χ3v) is 13.4. The Labute approximate surface area is 361 Å². The molecule has 2 atom stereocenters. The molecule has 0 N–H and O–H groups in total. The Kier molecular flexibility index (Phi) is 18.0. The van der Waals surface area contributed by atoms with E-state index >= 15 is 0 Å². The number of fused-ring (bicyclic) bond motifs is 5. The van der Waals surface area contributed by atoms with E-state index in [1.807, 2.05) is 24.3 Å². The molecule has 0 fully saturated rings. The lowest BCUT2D eigenvalue weighted by Gasteiger charge is -2.28. The molecular weight excluding hydrogens is 741 g/mol. The quantitative estimate of drug-likeness (QED) is 0.0492. The third kappa shape index (κ3) is 11.2. The van der Waals surface area contributed by atoms with Crippen LogP contribution in [0.25, 0.3) is 21.9 Å². The second-order valence-corrected chi connectivity index (χ2v) is 18.1. The van der Waals surface area contributed by atoms with Gasteiger partial charge in [0.15, 0.2) is 0 Å². The van der Waals surface area contributed by atoms with Gasteiger partial charge in [0, 0.05) is 34.3 Å². The van der Waals surface area contributed by atoms with Gasteiger partial charge in [0.2, 0.25) is 0 Å². The average molecular weight is 817 g/mol. The molecule has 2 aromatic carbocycles. The van der Waals surface area contributed by atoms with Gasteiger partial charge in [0.1, 0.15) is 11.5 Å². The van der Waals surface area contributed by atoms with Crippen molar-refractivity contribution < 1.29 is 18.4 Å². The van der Waals surface area contributed by atoms with Gasteiger partial charge in [0.05, 0.1) is 35.0 Å². The van der Waals surface area contributed by atoms with Crippen molar-refractivity contribution in [3.63, 3.8) is 0 Å². The van der Waals surface area contributed by atoms with Crippen LogP contribution in [-0.2, 0) is 9.59 Å². The highest BCUT2D eigenvalue weighted by Gasteiger charge is 2.38. The zero-order valence-corrected chi connectivity index (χ0v) is 37.8. The summed E-state index contributed by atoms with van der Waals surface area (Å²) in [4.78, 5) is 33.9. The van der Waals surface area contributed by atoms with Crippen LogP contribution in [0.5, 0.6) is 0 Å². The smallest absolute Gasteiger partial charge is 0.262 e. The van der Waals surface area contributed by atoms with E-state index in [1.165, 1.54) is 128 Å². The number of carbonyl (C=O) groups excluding carboxylic acids is 2. The van der Waals surface area contributed by atoms with E-state index in [2.05, 4.69) is 61.8 Å². The molecule has 60 heavy (non-hydrogen) atoms. The number of anilines is 2. The van der Waals surface area contributed by atoms with Crippen LogP contribution in [0.2, 0.25) is 0 Å². The lowest BCUT2D eigenvalue weighted by molar-refractivity contribution is -0.114. The SMILES string of the molecule is CCCCCCCCC(CCCCCC)CN1C(=O)C(c2ccco2)=c2ccc3c4c(ccc3c21)=C(c1ccco1)C(=O)N4CC(CCCCCC)CCCCCCCC. The Bertz CT molecular complexity index is 1900. The number of furan rings is 2. The number of nitrogens with zero attached hydrogens (tertiary/aromatic N) is 2. The minimum atomic E-state index is 0.0244. The molecule has 6 rings (SSSR count). The van der Waals surface area contributed by atoms with Crippen LogP contribution in [0.4, 0.5) is 11.4 Å². The van der Waals surface area contributed by atoms with Crippen LogP contribution >= 0.6 is 0 Å². The molecule has 326 valence electrons. The van der Waals surface area contributed by atoms with Gasteiger partial charge >= 0.3 is 0 Å². The summed E-state index contributed by atoms with van der Waals surface area (Å²) >= 11 is 0. The Morgan fingerprint density at radius 3 is 1.10 bits per heavy atom. The molecule has 6 heteroatoms. The number of carbonyl (C=O) groups is 2. The first-order chi connectivity index (χ1) is 29.5. The van der Waals surface area contributed by atoms with E-state index in [4.69, 9.17) is 8.83 Å². The zero-order chi connectivity index (χ0) is 42.1. The maximum Gasteiger partial charge on any atom is 0.262 e. The van der Waals surface area contributed by atoms with Gasteiger partial charge < -0.3 is 18.6 Å². The molecule has 0 saturated carbocycles. The summed E-state index contributed by atoms with van der Waals surface area (Å²) in [6.07, 6.45) is 32.9. The van der Waals surface area contributed by atoms with Crippen molar-refractivity contribution in [1.82, 2.24) is 0 Å². The minimum Gasteiger partial charge on any atom is -0.464 e. The van der Waals surface area contributed by atoms with Crippen LogP contribution in [0, 0.1) is 11.8 Å². The second kappa shape index (κ2) is 23.8. The van der Waals surface area contributed by atoms with Crippen molar-refractivity contribution in [3.05, 3.63) is 83.0 Å². The summed E-state index contributed by atoms with van der Waals surface area (Å²) in [5.74, 6) is 2.11. The maximum atomic E-state index is 14.8. The van der Waals surface area contributed by atoms with E-state index in [0.29, 0.717) is 47.6 Å². The predicted molar refractivity (Wildman–Crippen MR) is 251 cm³/mol. The lowest BCUT2D eigenvalue weighted by atomic mass is 9.93. The largest absolute Gasteiger partial charge is 0.464 e. The standard InChI is InChI=1S/C54H76N2O4/c1-5-9-13-17-19-23-29-41(27-21-15-11-7-3)39-55-51-43-33-36-46-50(48-32-26-38-60-48)54(58)56(40-42(28-22-16-12-8-4)30-24-20-18-14-10-6-2)52(46)44(43)34-35-45(51)49(53(55)57)47-31-25-37-59-47/h25-26,31-38,41-42H,5-24,27-30,39-40H2,1-4H3. The molecule has 0 saturated heterocycles. The highest BCUT2D eigenvalue weighted by atomic mass is 16.3. The first-order valence-electron chi connectivity index (χ1n) is 24.6. The predicted octanol–water partition coefficient (Wildman–Crippen LogP) is 13.8. The summed E-state index contributed by atoms with van der Waals surface area (Å²) < 4.78 is 11.9. The summed E-state index contributed by atoms with van der Waals surface area (Å²) in [7, 11) is 0. The summed E-state index contributed by atoms with van der Waals surface area (Å²) in [5, 5.41) is 3.91. The number of amides is 2. The first-order valence-corrected chi connectivity index (χ1v) is 24.6. The van der Waals surface area contributed by atoms with Crippen LogP contribution in [0.1, 0.15) is 193 Å². The van der Waals surface area contributed by atoms with Crippen LogP contribution in [0.15, 0.2) is 69.9 Å². The third-order valence-electron chi connectivity index (χ3n) is 13.4. The Morgan fingerprint density at radius 2 is 0.767 bits per heavy atom. The monoisotopic (exact) mass is 817 g/mol. The number of unbranched alkanes of at least 4 members (excludes halogenated alkanes) is 16. The summed E-state index contributed by atoms with van der Waals surface area (Å²) in [5.41, 5.74) is 3.22. The van der Waals surface area contributed by atoms with Crippen molar-refractivity contribution in [3.8, 4) is 0 Å². The lowest BCUT2D eigenvalue weighted by Crippen LogP contribution is -2.34. The van der Waals surface area contributed by atoms with Crippen LogP contribution in [0.3, 0.4) is 0 Å². The molecule has 2 aliphatic heterocycles. The molecule has 0 radical (unpaired) electrons. The normalized spacial score (nSPS) is 14.9.